The van der Waals surface area contributed by atoms with Gasteiger partial charge in [-0.2, -0.15) is 0 Å². The number of pyridine rings is 1. The first-order valence-electron chi connectivity index (χ1n) is 5.85. The summed E-state index contributed by atoms with van der Waals surface area (Å²) < 4.78 is 14.9. The summed E-state index contributed by atoms with van der Waals surface area (Å²) in [7, 11) is -1.18. The maximum atomic E-state index is 12.2. The van der Waals surface area contributed by atoms with Crippen molar-refractivity contribution in [3.05, 3.63) is 40.7 Å². The van der Waals surface area contributed by atoms with Crippen LogP contribution >= 0.6 is 23.2 Å². The average Bonchev–Trinajstić information content (AvgIpc) is 2.31. The number of hydrogen-bond donors (Lipinski definition) is 1. The van der Waals surface area contributed by atoms with Crippen LogP contribution in [0.4, 0.5) is 0 Å². The molecule has 1 heterocycles. The highest BCUT2D eigenvalue weighted by Crippen LogP contribution is 2.26. The van der Waals surface area contributed by atoms with Gasteiger partial charge in [-0.1, -0.05) is 29.3 Å². The highest BCUT2D eigenvalue weighted by Gasteiger charge is 2.23. The van der Waals surface area contributed by atoms with Gasteiger partial charge in [0.15, 0.2) is 0 Å². The summed E-state index contributed by atoms with van der Waals surface area (Å²) >= 11 is 11.8. The van der Waals surface area contributed by atoms with Gasteiger partial charge in [-0.3, -0.25) is 0 Å². The predicted molar refractivity (Wildman–Crippen MR) is 82.8 cm³/mol. The first-order chi connectivity index (χ1) is 8.75. The Balaban J connectivity index is 2.97. The lowest BCUT2D eigenvalue weighted by atomic mass is 10.1. The van der Waals surface area contributed by atoms with Crippen molar-refractivity contribution in [2.24, 2.45) is 0 Å². The van der Waals surface area contributed by atoms with E-state index >= 15 is 0 Å². The lowest BCUT2D eigenvalue weighted by molar-refractivity contribution is 0.601. The van der Waals surface area contributed by atoms with E-state index in [1.54, 1.807) is 18.3 Å². The molecule has 6 heteroatoms. The third-order valence-electron chi connectivity index (χ3n) is 2.43. The van der Waals surface area contributed by atoms with Crippen molar-refractivity contribution >= 4 is 34.2 Å². The van der Waals surface area contributed by atoms with Gasteiger partial charge in [0.25, 0.3) is 0 Å². The minimum Gasteiger partial charge on any atom is -0.243 e. The molecule has 1 rings (SSSR count). The fourth-order valence-corrected chi connectivity index (χ4v) is 2.47. The first-order valence-corrected chi connectivity index (χ1v) is 7.76. The number of nitrogens with zero attached hydrogens (tertiary/aromatic N) is 1. The highest BCUT2D eigenvalue weighted by molar-refractivity contribution is 7.84. The van der Waals surface area contributed by atoms with Gasteiger partial charge in [0.1, 0.15) is 5.15 Å². The molecule has 19 heavy (non-hydrogen) atoms. The maximum absolute atomic E-state index is 12.2. The summed E-state index contributed by atoms with van der Waals surface area (Å²) in [5.74, 6) is 0. The van der Waals surface area contributed by atoms with E-state index in [1.807, 2.05) is 20.8 Å². The summed E-state index contributed by atoms with van der Waals surface area (Å²) in [6.07, 6.45) is 4.02. The van der Waals surface area contributed by atoms with Gasteiger partial charge in [-0.15, -0.1) is 6.58 Å². The molecule has 106 valence electrons. The normalized spacial score (nSPS) is 15.0. The number of rotatable bonds is 5. The Hall–Kier alpha value is -0.420. The average molecular weight is 321 g/mol. The van der Waals surface area contributed by atoms with E-state index in [1.165, 1.54) is 0 Å². The van der Waals surface area contributed by atoms with Gasteiger partial charge in [0, 0.05) is 12.2 Å². The molecule has 0 aliphatic heterocycles. The topological polar surface area (TPSA) is 42.0 Å². The zero-order chi connectivity index (χ0) is 14.6. The predicted octanol–water partition coefficient (Wildman–Crippen LogP) is 4.06. The Morgan fingerprint density at radius 3 is 2.63 bits per heavy atom. The summed E-state index contributed by atoms with van der Waals surface area (Å²) in [5.41, 5.74) is 0.840. The zero-order valence-electron chi connectivity index (χ0n) is 11.2. The highest BCUT2D eigenvalue weighted by atomic mass is 35.5. The Morgan fingerprint density at radius 2 is 2.16 bits per heavy atom. The Bertz CT molecular complexity index is 486. The van der Waals surface area contributed by atoms with Crippen LogP contribution in [0.1, 0.15) is 38.8 Å². The van der Waals surface area contributed by atoms with Crippen LogP contribution < -0.4 is 4.72 Å². The van der Waals surface area contributed by atoms with Gasteiger partial charge < -0.3 is 0 Å². The van der Waals surface area contributed by atoms with E-state index < -0.39 is 11.0 Å². The number of nitrogens with one attached hydrogen (secondary N) is 1. The molecule has 1 N–H and O–H groups in total. The van der Waals surface area contributed by atoms with E-state index in [0.717, 1.165) is 5.56 Å². The monoisotopic (exact) mass is 320 g/mol. The van der Waals surface area contributed by atoms with Crippen LogP contribution in [-0.2, 0) is 11.0 Å². The molecule has 0 amide bonds. The van der Waals surface area contributed by atoms with Gasteiger partial charge in [-0.25, -0.2) is 13.9 Å². The summed E-state index contributed by atoms with van der Waals surface area (Å²) in [6.45, 7) is 9.45. The molecule has 1 aromatic rings. The smallest absolute Gasteiger partial charge is 0.147 e. The van der Waals surface area contributed by atoms with Gasteiger partial charge in [0.2, 0.25) is 0 Å². The molecule has 3 nitrogen and oxygen atoms in total. The molecule has 0 fully saturated rings. The molecule has 1 aromatic heterocycles. The molecular weight excluding hydrogens is 303 g/mol. The van der Waals surface area contributed by atoms with Crippen molar-refractivity contribution in [3.63, 3.8) is 0 Å². The van der Waals surface area contributed by atoms with Crippen molar-refractivity contribution in [2.45, 2.75) is 38.0 Å². The van der Waals surface area contributed by atoms with E-state index in [9.17, 15) is 4.21 Å². The van der Waals surface area contributed by atoms with Gasteiger partial charge in [-0.05, 0) is 38.8 Å². The largest absolute Gasteiger partial charge is 0.243 e. The van der Waals surface area contributed by atoms with Crippen LogP contribution in [0.25, 0.3) is 0 Å². The Labute approximate surface area is 127 Å². The summed E-state index contributed by atoms with van der Waals surface area (Å²) in [6, 6.07) is 1.58. The van der Waals surface area contributed by atoms with E-state index in [4.69, 9.17) is 23.2 Å². The van der Waals surface area contributed by atoms with Gasteiger partial charge in [0.05, 0.1) is 20.8 Å². The number of halogens is 2. The maximum Gasteiger partial charge on any atom is 0.147 e. The second kappa shape index (κ2) is 6.84. The first kappa shape index (κ1) is 16.6. The quantitative estimate of drug-likeness (QED) is 0.656. The third kappa shape index (κ3) is 4.88. The van der Waals surface area contributed by atoms with Crippen LogP contribution in [0, 0.1) is 0 Å². The van der Waals surface area contributed by atoms with E-state index in [-0.39, 0.29) is 15.9 Å². The standard InChI is InChI=1S/C13H18Cl2N2OS/c1-5-6-11(17-19(18)13(2,3)4)9-7-10(14)12(15)16-8-9/h5,7-8,11,17H,1,6H2,2-4H3/t11-,19-/m1/s1. The minimum atomic E-state index is -1.18. The molecule has 0 unspecified atom stereocenters. The van der Waals surface area contributed by atoms with Crippen LogP contribution in [0.5, 0.6) is 0 Å². The molecule has 0 aliphatic carbocycles. The van der Waals surface area contributed by atoms with Crippen molar-refractivity contribution in [1.82, 2.24) is 9.71 Å². The number of aromatic nitrogens is 1. The van der Waals surface area contributed by atoms with Crippen LogP contribution in [0.3, 0.4) is 0 Å². The third-order valence-corrected chi connectivity index (χ3v) is 4.72. The fraction of sp³-hybridized carbons (Fsp3) is 0.462. The second-order valence-corrected chi connectivity index (χ2v) is 7.88. The Kier molecular flexibility index (Phi) is 5.99. The van der Waals surface area contributed by atoms with Gasteiger partial charge >= 0.3 is 0 Å². The van der Waals surface area contributed by atoms with E-state index in [0.29, 0.717) is 11.4 Å². The van der Waals surface area contributed by atoms with Crippen LogP contribution in [-0.4, -0.2) is 13.9 Å². The molecule has 0 saturated heterocycles. The lowest BCUT2D eigenvalue weighted by Gasteiger charge is -2.23. The van der Waals surface area contributed by atoms with Crippen molar-refractivity contribution < 1.29 is 4.21 Å². The molecule has 0 aliphatic rings. The SMILES string of the molecule is C=CC[C@@H](N[S@](=O)C(C)(C)C)c1cnc(Cl)c(Cl)c1. The van der Waals surface area contributed by atoms with Crippen LogP contribution in [0.2, 0.25) is 10.2 Å². The summed E-state index contributed by atoms with van der Waals surface area (Å²) in [4.78, 5) is 4.01. The summed E-state index contributed by atoms with van der Waals surface area (Å²) in [5, 5.41) is 0.649. The molecular formula is C13H18Cl2N2OS. The molecule has 0 radical (unpaired) electrons. The molecule has 2 atom stereocenters. The lowest BCUT2D eigenvalue weighted by Crippen LogP contribution is -2.35. The zero-order valence-corrected chi connectivity index (χ0v) is 13.6. The molecule has 0 spiro atoms. The number of hydrogen-bond acceptors (Lipinski definition) is 2. The second-order valence-electron chi connectivity index (χ2n) is 5.12. The minimum absolute atomic E-state index is 0.153. The van der Waals surface area contributed by atoms with Crippen molar-refractivity contribution in [3.8, 4) is 0 Å². The molecule has 0 saturated carbocycles. The van der Waals surface area contributed by atoms with Crippen molar-refractivity contribution in [2.75, 3.05) is 0 Å². The van der Waals surface area contributed by atoms with Crippen LogP contribution in [0.15, 0.2) is 24.9 Å². The molecule has 0 bridgehead atoms. The Morgan fingerprint density at radius 1 is 1.53 bits per heavy atom. The molecule has 0 aromatic carbocycles. The van der Waals surface area contributed by atoms with E-state index in [2.05, 4.69) is 16.3 Å². The van der Waals surface area contributed by atoms with Crippen molar-refractivity contribution in [1.29, 1.82) is 0 Å². The fourth-order valence-electron chi connectivity index (χ4n) is 1.35.